The van der Waals surface area contributed by atoms with Crippen LogP contribution in [-0.2, 0) is 0 Å². The molecule has 0 saturated carbocycles. The number of halogens is 3. The van der Waals surface area contributed by atoms with Gasteiger partial charge in [-0.2, -0.15) is 10.4 Å². The van der Waals surface area contributed by atoms with Crippen LogP contribution in [0.25, 0.3) is 11.1 Å². The van der Waals surface area contributed by atoms with Gasteiger partial charge in [-0.05, 0) is 42.8 Å². The molecule has 2 aromatic rings. The Morgan fingerprint density at radius 3 is 2.14 bits per heavy atom. The summed E-state index contributed by atoms with van der Waals surface area (Å²) < 4.78 is 27.0. The largest absolute Gasteiger partial charge is 0.294 e. The first-order valence-electron chi connectivity index (χ1n) is 6.28. The fourth-order valence-electron chi connectivity index (χ4n) is 2.30. The third-order valence-corrected chi connectivity index (χ3v) is 3.67. The maximum absolute atomic E-state index is 13.5. The van der Waals surface area contributed by atoms with Crippen LogP contribution in [-0.4, -0.2) is 16.2 Å². The lowest BCUT2D eigenvalue weighted by molar-refractivity contribution is -1.19. The minimum absolute atomic E-state index is 0.0121. The molecule has 22 heavy (non-hydrogen) atoms. The van der Waals surface area contributed by atoms with Crippen molar-refractivity contribution >= 4 is 23.1 Å². The van der Waals surface area contributed by atoms with E-state index in [1.807, 2.05) is 0 Å². The van der Waals surface area contributed by atoms with Gasteiger partial charge in [-0.15, -0.1) is 0 Å². The molecular weight excluding hydrogens is 316 g/mol. The van der Waals surface area contributed by atoms with Crippen molar-refractivity contribution < 1.29 is 29.2 Å². The highest BCUT2D eigenvalue weighted by atomic mass is 35.5. The first-order chi connectivity index (χ1) is 10.2. The van der Waals surface area contributed by atoms with Crippen molar-refractivity contribution in [3.05, 3.63) is 52.0 Å². The highest BCUT2D eigenvalue weighted by Crippen LogP contribution is 2.36. The molecule has 2 aromatic carbocycles. The third kappa shape index (κ3) is 3.00. The number of carbonyl (C=O) groups excluding carboxylic acids is 1. The number of quaternary nitrogens is 1. The van der Waals surface area contributed by atoms with E-state index in [-0.39, 0.29) is 33.0 Å². The summed E-state index contributed by atoms with van der Waals surface area (Å²) in [6.45, 7) is 2.76. The SMILES string of the molecule is CC(=O)c1cc(Cl)c(C)c([NH+](O)O)c1-c1cc(F)cc(F)c1. The molecule has 0 amide bonds. The van der Waals surface area contributed by atoms with Crippen molar-refractivity contribution in [3.63, 3.8) is 0 Å². The van der Waals surface area contributed by atoms with E-state index in [4.69, 9.17) is 11.6 Å². The minimum Gasteiger partial charge on any atom is -0.294 e. The summed E-state index contributed by atoms with van der Waals surface area (Å²) in [5.41, 5.74) is 0.219. The Hall–Kier alpha value is -1.86. The molecule has 0 atom stereocenters. The highest BCUT2D eigenvalue weighted by molar-refractivity contribution is 6.32. The molecule has 0 spiro atoms. The van der Waals surface area contributed by atoms with E-state index < -0.39 is 22.6 Å². The number of carbonyl (C=O) groups is 1. The topological polar surface area (TPSA) is 62.0 Å². The molecular formula is C15H13ClF2NO3+. The van der Waals surface area contributed by atoms with Crippen LogP contribution in [0, 0.1) is 18.6 Å². The molecule has 3 N–H and O–H groups in total. The Kier molecular flexibility index (Phi) is 4.58. The van der Waals surface area contributed by atoms with E-state index in [1.165, 1.54) is 19.9 Å². The van der Waals surface area contributed by atoms with Crippen LogP contribution >= 0.6 is 11.6 Å². The summed E-state index contributed by atoms with van der Waals surface area (Å²) in [7, 11) is 0. The summed E-state index contributed by atoms with van der Waals surface area (Å²) in [4.78, 5) is 11.8. The van der Waals surface area contributed by atoms with Gasteiger partial charge in [0.15, 0.2) is 5.78 Å². The molecule has 116 valence electrons. The summed E-state index contributed by atoms with van der Waals surface area (Å²) in [6.07, 6.45) is 0. The summed E-state index contributed by atoms with van der Waals surface area (Å²) in [5, 5.41) is 18.1. The predicted octanol–water partition coefficient (Wildman–Crippen LogP) is 3.09. The molecule has 0 aliphatic carbocycles. The third-order valence-electron chi connectivity index (χ3n) is 3.28. The quantitative estimate of drug-likeness (QED) is 0.599. The monoisotopic (exact) mass is 328 g/mol. The van der Waals surface area contributed by atoms with Crippen molar-refractivity contribution in [3.8, 4) is 11.1 Å². The molecule has 7 heteroatoms. The zero-order valence-electron chi connectivity index (χ0n) is 11.7. The minimum atomic E-state index is -1.08. The Morgan fingerprint density at radius 2 is 1.68 bits per heavy atom. The molecule has 0 saturated heterocycles. The molecule has 0 heterocycles. The van der Waals surface area contributed by atoms with Gasteiger partial charge in [0, 0.05) is 17.2 Å². The second-order valence-corrected chi connectivity index (χ2v) is 5.23. The van der Waals surface area contributed by atoms with E-state index in [0.717, 1.165) is 12.1 Å². The van der Waals surface area contributed by atoms with Gasteiger partial charge in [-0.1, -0.05) is 11.6 Å². The molecule has 0 aliphatic rings. The van der Waals surface area contributed by atoms with Crippen molar-refractivity contribution in [2.75, 3.05) is 0 Å². The summed E-state index contributed by atoms with van der Waals surface area (Å²) in [5.74, 6) is -2.12. The van der Waals surface area contributed by atoms with Gasteiger partial charge in [0.25, 0.3) is 0 Å². The molecule has 0 fully saturated rings. The molecule has 0 unspecified atom stereocenters. The van der Waals surface area contributed by atoms with Crippen molar-refractivity contribution in [2.24, 2.45) is 0 Å². The molecule has 0 bridgehead atoms. The average molecular weight is 329 g/mol. The number of ketones is 1. The fraction of sp³-hybridized carbons (Fsp3) is 0.133. The van der Waals surface area contributed by atoms with Crippen LogP contribution in [0.2, 0.25) is 5.02 Å². The smallest absolute Gasteiger partial charge is 0.210 e. The summed E-state index contributed by atoms with van der Waals surface area (Å²) >= 11 is 5.99. The van der Waals surface area contributed by atoms with Gasteiger partial charge in [0.05, 0.1) is 10.6 Å². The first kappa shape index (κ1) is 16.5. The molecule has 0 aromatic heterocycles. The van der Waals surface area contributed by atoms with Gasteiger partial charge in [-0.25, -0.2) is 8.78 Å². The van der Waals surface area contributed by atoms with Crippen LogP contribution in [0.3, 0.4) is 0 Å². The molecule has 0 radical (unpaired) electrons. The van der Waals surface area contributed by atoms with Gasteiger partial charge in [-0.3, -0.25) is 4.79 Å². The number of Topliss-reactive ketones (excluding diaryl/α,β-unsaturated/α-hetero) is 1. The van der Waals surface area contributed by atoms with E-state index in [2.05, 4.69) is 0 Å². The standard InChI is InChI=1S/C15H12ClF2NO3/c1-7-13(16)6-12(8(2)20)14(15(7)19(21)22)9-3-10(17)5-11(18)4-9/h3-6,21-22H,1-2H3/p+1. The van der Waals surface area contributed by atoms with Crippen LogP contribution in [0.5, 0.6) is 0 Å². The van der Waals surface area contributed by atoms with E-state index in [0.29, 0.717) is 6.07 Å². The number of rotatable bonds is 3. The summed E-state index contributed by atoms with van der Waals surface area (Å²) in [6, 6.07) is 4.03. The zero-order chi connectivity index (χ0) is 16.6. The van der Waals surface area contributed by atoms with Gasteiger partial charge in [0.2, 0.25) is 5.69 Å². The van der Waals surface area contributed by atoms with Crippen LogP contribution in [0.1, 0.15) is 22.8 Å². The van der Waals surface area contributed by atoms with Gasteiger partial charge >= 0.3 is 0 Å². The van der Waals surface area contributed by atoms with Crippen molar-refractivity contribution in [1.82, 2.24) is 0 Å². The number of nitrogens with one attached hydrogen (secondary N) is 1. The lowest BCUT2D eigenvalue weighted by Gasteiger charge is -2.16. The number of hydrogen-bond donors (Lipinski definition) is 3. The molecule has 2 rings (SSSR count). The lowest BCUT2D eigenvalue weighted by atomic mass is 9.93. The van der Waals surface area contributed by atoms with Crippen LogP contribution < -0.4 is 5.23 Å². The predicted molar refractivity (Wildman–Crippen MR) is 75.7 cm³/mol. The first-order valence-corrected chi connectivity index (χ1v) is 6.66. The van der Waals surface area contributed by atoms with Crippen LogP contribution in [0.15, 0.2) is 24.3 Å². The second-order valence-electron chi connectivity index (χ2n) is 4.82. The van der Waals surface area contributed by atoms with Crippen LogP contribution in [0.4, 0.5) is 14.5 Å². The van der Waals surface area contributed by atoms with Crippen molar-refractivity contribution in [1.29, 1.82) is 0 Å². The Balaban J connectivity index is 2.93. The maximum Gasteiger partial charge on any atom is 0.210 e. The van der Waals surface area contributed by atoms with Gasteiger partial charge in [0.1, 0.15) is 11.6 Å². The normalized spacial score (nSPS) is 11.1. The zero-order valence-corrected chi connectivity index (χ0v) is 12.5. The van der Waals surface area contributed by atoms with E-state index >= 15 is 0 Å². The van der Waals surface area contributed by atoms with Crippen molar-refractivity contribution in [2.45, 2.75) is 13.8 Å². The average Bonchev–Trinajstić information content (AvgIpc) is 2.39. The second kappa shape index (κ2) is 6.10. The van der Waals surface area contributed by atoms with E-state index in [9.17, 15) is 24.0 Å². The van der Waals surface area contributed by atoms with Gasteiger partial charge < -0.3 is 0 Å². The molecule has 4 nitrogen and oxygen atoms in total. The fourth-order valence-corrected chi connectivity index (χ4v) is 2.51. The lowest BCUT2D eigenvalue weighted by Crippen LogP contribution is -3.02. The number of benzene rings is 2. The Morgan fingerprint density at radius 1 is 1.14 bits per heavy atom. The van der Waals surface area contributed by atoms with E-state index in [1.54, 1.807) is 0 Å². The number of hydrogen-bond acceptors (Lipinski definition) is 3. The Labute approximate surface area is 130 Å². The molecule has 0 aliphatic heterocycles. The highest BCUT2D eigenvalue weighted by Gasteiger charge is 2.26. The maximum atomic E-state index is 13.5. The Bertz CT molecular complexity index is 743.